The van der Waals surface area contributed by atoms with E-state index in [0.717, 1.165) is 6.07 Å². The highest BCUT2D eigenvalue weighted by Crippen LogP contribution is 2.20. The molecule has 0 atom stereocenters. The fraction of sp³-hybridized carbons (Fsp3) is 0.421. The number of piperazine rings is 1. The van der Waals surface area contributed by atoms with Crippen molar-refractivity contribution in [2.45, 2.75) is 31.9 Å². The molecule has 1 aromatic rings. The van der Waals surface area contributed by atoms with E-state index in [1.165, 1.54) is 11.0 Å². The number of aryl methyl sites for hydroxylation is 1. The van der Waals surface area contributed by atoms with Gasteiger partial charge in [-0.05, 0) is 43.4 Å². The fourth-order valence-electron chi connectivity index (χ4n) is 2.91. The number of hydrogen-bond donors (Lipinski definition) is 2. The maximum atomic E-state index is 13.5. The van der Waals surface area contributed by atoms with Gasteiger partial charge in [0.05, 0.1) is 6.54 Å². The Morgan fingerprint density at radius 1 is 1.07 bits per heavy atom. The van der Waals surface area contributed by atoms with Gasteiger partial charge in [-0.1, -0.05) is 6.08 Å². The first-order valence-corrected chi connectivity index (χ1v) is 9.10. The van der Waals surface area contributed by atoms with Crippen LogP contribution in [-0.4, -0.2) is 53.2 Å². The molecule has 0 bridgehead atoms. The molecule has 30 heavy (non-hydrogen) atoms. The molecular weight excluding hydrogens is 414 g/mol. The van der Waals surface area contributed by atoms with E-state index in [9.17, 15) is 31.1 Å². The van der Waals surface area contributed by atoms with Crippen LogP contribution in [0, 0.1) is 28.3 Å². The van der Waals surface area contributed by atoms with Crippen molar-refractivity contribution < 1.29 is 31.1 Å². The highest BCUT2D eigenvalue weighted by molar-refractivity contribution is 6.03. The van der Waals surface area contributed by atoms with Gasteiger partial charge >= 0.3 is 6.18 Å². The van der Waals surface area contributed by atoms with Crippen LogP contribution >= 0.6 is 0 Å². The zero-order valence-electron chi connectivity index (χ0n) is 15.8. The zero-order valence-corrected chi connectivity index (χ0v) is 15.8. The smallest absolute Gasteiger partial charge is 0.330 e. The van der Waals surface area contributed by atoms with Gasteiger partial charge in [-0.3, -0.25) is 15.6 Å². The molecule has 0 radical (unpaired) electrons. The van der Waals surface area contributed by atoms with Gasteiger partial charge in [0.15, 0.2) is 11.6 Å². The number of nitrogens with zero attached hydrogens (tertiary/aromatic N) is 2. The molecule has 2 rings (SSSR count). The van der Waals surface area contributed by atoms with Crippen LogP contribution in [0.4, 0.5) is 26.3 Å². The average molecular weight is 434 g/mol. The fourth-order valence-corrected chi connectivity index (χ4v) is 2.91. The quantitative estimate of drug-likeness (QED) is 0.177. The predicted molar refractivity (Wildman–Crippen MR) is 97.8 cm³/mol. The van der Waals surface area contributed by atoms with E-state index < -0.39 is 41.2 Å². The average Bonchev–Trinajstić information content (AvgIpc) is 2.66. The van der Waals surface area contributed by atoms with Crippen molar-refractivity contribution >= 4 is 17.6 Å². The van der Waals surface area contributed by atoms with Gasteiger partial charge in [-0.2, -0.15) is 13.2 Å². The second-order valence-corrected chi connectivity index (χ2v) is 6.71. The van der Waals surface area contributed by atoms with Crippen molar-refractivity contribution in [3.63, 3.8) is 0 Å². The summed E-state index contributed by atoms with van der Waals surface area (Å²) in [7, 11) is 0. The number of alkyl halides is 3. The number of benzene rings is 1. The van der Waals surface area contributed by atoms with E-state index in [1.54, 1.807) is 6.08 Å². The third-order valence-corrected chi connectivity index (χ3v) is 4.53. The Labute approximate surface area is 169 Å². The predicted octanol–water partition coefficient (Wildman–Crippen LogP) is 4.03. The minimum atomic E-state index is -4.86. The molecule has 0 aliphatic carbocycles. The number of hydrogen-bond acceptors (Lipinski definition) is 3. The topological polar surface area (TPSA) is 71.2 Å². The first-order chi connectivity index (χ1) is 14.0. The molecule has 0 saturated carbocycles. The summed E-state index contributed by atoms with van der Waals surface area (Å²) in [6, 6.07) is 1.31. The maximum Gasteiger partial charge on any atom is 0.449 e. The molecule has 1 amide bonds. The van der Waals surface area contributed by atoms with Crippen molar-refractivity contribution in [3.8, 4) is 0 Å². The van der Waals surface area contributed by atoms with E-state index in [-0.39, 0.29) is 31.6 Å². The number of carbonyl (C=O) groups excluding carboxylic acids is 1. The SMILES string of the molecule is N=C1CN(C(=O)C=CCCCCc2cc(F)c(F)cc2F)CCN1C(=N)C(F)(F)F. The summed E-state index contributed by atoms with van der Waals surface area (Å²) < 4.78 is 77.3. The summed E-state index contributed by atoms with van der Waals surface area (Å²) in [5, 5.41) is 14.8. The Morgan fingerprint density at radius 2 is 1.73 bits per heavy atom. The summed E-state index contributed by atoms with van der Waals surface area (Å²) in [5.74, 6) is -5.77. The van der Waals surface area contributed by atoms with Crippen LogP contribution in [0.1, 0.15) is 24.8 Å². The number of amides is 1. The van der Waals surface area contributed by atoms with Gasteiger partial charge in [-0.15, -0.1) is 0 Å². The maximum absolute atomic E-state index is 13.5. The van der Waals surface area contributed by atoms with E-state index in [0.29, 0.717) is 30.2 Å². The number of allylic oxidation sites excluding steroid dienone is 1. The third-order valence-electron chi connectivity index (χ3n) is 4.53. The van der Waals surface area contributed by atoms with Crippen molar-refractivity contribution in [3.05, 3.63) is 47.3 Å². The molecule has 1 aromatic carbocycles. The minimum Gasteiger partial charge on any atom is -0.330 e. The Balaban J connectivity index is 1.75. The van der Waals surface area contributed by atoms with Crippen LogP contribution < -0.4 is 0 Å². The summed E-state index contributed by atoms with van der Waals surface area (Å²) >= 11 is 0. The van der Waals surface area contributed by atoms with Crippen molar-refractivity contribution in [1.82, 2.24) is 9.80 Å². The van der Waals surface area contributed by atoms with Gasteiger partial charge in [0, 0.05) is 19.2 Å². The number of nitrogens with one attached hydrogen (secondary N) is 2. The summed E-state index contributed by atoms with van der Waals surface area (Å²) in [6.07, 6.45) is -0.380. The number of amidine groups is 2. The molecule has 5 nitrogen and oxygen atoms in total. The number of halogens is 6. The standard InChI is InChI=1S/C19H20F6N4O/c20-13-10-15(22)14(21)9-12(13)5-3-1-2-4-6-17(30)28-7-8-29(16(26)11-28)18(27)19(23,24)25/h4,6,9-10,26-27H,1-3,5,7-8,11H2. The molecule has 164 valence electrons. The van der Waals surface area contributed by atoms with Crippen LogP contribution in [0.5, 0.6) is 0 Å². The third kappa shape index (κ3) is 6.07. The van der Waals surface area contributed by atoms with Gasteiger partial charge in [0.1, 0.15) is 11.7 Å². The number of carbonyl (C=O) groups is 1. The van der Waals surface area contributed by atoms with E-state index >= 15 is 0 Å². The molecule has 1 fully saturated rings. The van der Waals surface area contributed by atoms with Gasteiger partial charge in [0.25, 0.3) is 0 Å². The molecule has 0 unspecified atom stereocenters. The number of rotatable bonds is 6. The van der Waals surface area contributed by atoms with Crippen LogP contribution in [0.15, 0.2) is 24.3 Å². The van der Waals surface area contributed by atoms with Crippen molar-refractivity contribution in [2.24, 2.45) is 0 Å². The molecule has 0 aromatic heterocycles. The molecule has 1 saturated heterocycles. The first-order valence-electron chi connectivity index (χ1n) is 9.10. The molecule has 1 aliphatic heterocycles. The van der Waals surface area contributed by atoms with Crippen LogP contribution in [0.2, 0.25) is 0 Å². The highest BCUT2D eigenvalue weighted by Gasteiger charge is 2.41. The van der Waals surface area contributed by atoms with Gasteiger partial charge in [0.2, 0.25) is 11.7 Å². The highest BCUT2D eigenvalue weighted by atomic mass is 19.4. The second-order valence-electron chi connectivity index (χ2n) is 6.71. The minimum absolute atomic E-state index is 0.0561. The lowest BCUT2D eigenvalue weighted by atomic mass is 10.1. The molecule has 1 heterocycles. The lowest BCUT2D eigenvalue weighted by Crippen LogP contribution is -2.56. The van der Waals surface area contributed by atoms with Crippen molar-refractivity contribution in [2.75, 3.05) is 19.6 Å². The summed E-state index contributed by atoms with van der Waals surface area (Å²) in [4.78, 5) is 13.8. The Kier molecular flexibility index (Phi) is 7.63. The Morgan fingerprint density at radius 3 is 2.37 bits per heavy atom. The van der Waals surface area contributed by atoms with E-state index in [1.807, 2.05) is 0 Å². The first kappa shape index (κ1) is 23.4. The van der Waals surface area contributed by atoms with Crippen LogP contribution in [0.3, 0.4) is 0 Å². The van der Waals surface area contributed by atoms with Crippen LogP contribution in [0.25, 0.3) is 0 Å². The molecular formula is C19H20F6N4O. The Hall–Kier alpha value is -2.85. The van der Waals surface area contributed by atoms with Gasteiger partial charge in [-0.25, -0.2) is 13.2 Å². The monoisotopic (exact) mass is 434 g/mol. The molecule has 1 aliphatic rings. The molecule has 0 spiro atoms. The normalized spacial score (nSPS) is 15.2. The zero-order chi connectivity index (χ0) is 22.5. The molecule has 11 heteroatoms. The lowest BCUT2D eigenvalue weighted by Gasteiger charge is -2.36. The largest absolute Gasteiger partial charge is 0.449 e. The lowest BCUT2D eigenvalue weighted by molar-refractivity contribution is -0.126. The summed E-state index contributed by atoms with van der Waals surface area (Å²) in [6.45, 7) is -0.687. The number of unbranched alkanes of at least 4 members (excludes halogenated alkanes) is 2. The molecule has 2 N–H and O–H groups in total. The Bertz CT molecular complexity index is 852. The van der Waals surface area contributed by atoms with E-state index in [4.69, 9.17) is 10.8 Å². The van der Waals surface area contributed by atoms with Crippen LogP contribution in [-0.2, 0) is 11.2 Å². The van der Waals surface area contributed by atoms with Crippen molar-refractivity contribution in [1.29, 1.82) is 10.8 Å². The second kappa shape index (κ2) is 9.77. The summed E-state index contributed by atoms with van der Waals surface area (Å²) in [5.41, 5.74) is 0.0646. The van der Waals surface area contributed by atoms with Gasteiger partial charge < -0.3 is 9.80 Å². The van der Waals surface area contributed by atoms with E-state index in [2.05, 4.69) is 0 Å².